The molecule has 7 heteroatoms. The van der Waals surface area contributed by atoms with E-state index < -0.39 is 0 Å². The number of aromatic nitrogens is 1. The molecule has 0 radical (unpaired) electrons. The molecule has 3 heterocycles. The van der Waals surface area contributed by atoms with Crippen LogP contribution in [-0.4, -0.2) is 72.5 Å². The van der Waals surface area contributed by atoms with Gasteiger partial charge in [-0.05, 0) is 45.0 Å². The summed E-state index contributed by atoms with van der Waals surface area (Å²) in [5, 5.41) is 0. The Hall–Kier alpha value is -2.93. The topological polar surface area (TPSA) is 66.0 Å². The predicted octanol–water partition coefficient (Wildman–Crippen LogP) is 2.60. The van der Waals surface area contributed by atoms with Gasteiger partial charge in [-0.15, -0.1) is 0 Å². The lowest BCUT2D eigenvalue weighted by molar-refractivity contribution is 0.0645. The Bertz CT molecular complexity index is 924. The second-order valence-corrected chi connectivity index (χ2v) is 7.70. The van der Waals surface area contributed by atoms with Crippen LogP contribution < -0.4 is 9.64 Å². The number of amides is 2. The smallest absolute Gasteiger partial charge is 0.267 e. The summed E-state index contributed by atoms with van der Waals surface area (Å²) in [6.07, 6.45) is 0.757. The Morgan fingerprint density at radius 3 is 2.43 bits per heavy atom. The van der Waals surface area contributed by atoms with Crippen molar-refractivity contribution in [1.29, 1.82) is 0 Å². The number of aryl methyl sites for hydroxylation is 1. The highest BCUT2D eigenvalue weighted by Crippen LogP contribution is 2.30. The molecule has 0 saturated carbocycles. The number of fused-ring (bicyclic) bond motifs is 1. The molecule has 30 heavy (non-hydrogen) atoms. The zero-order valence-corrected chi connectivity index (χ0v) is 17.6. The molecule has 0 unspecified atom stereocenters. The number of piperazine rings is 1. The third kappa shape index (κ3) is 4.03. The van der Waals surface area contributed by atoms with Gasteiger partial charge in [0.1, 0.15) is 5.56 Å². The number of anilines is 1. The summed E-state index contributed by atoms with van der Waals surface area (Å²) in [5.74, 6) is -0.263. The highest BCUT2D eigenvalue weighted by molar-refractivity contribution is 6.22. The number of ether oxygens (including phenoxy) is 1. The molecule has 1 aromatic carbocycles. The van der Waals surface area contributed by atoms with Gasteiger partial charge < -0.3 is 9.64 Å². The second-order valence-electron chi connectivity index (χ2n) is 7.70. The fourth-order valence-electron chi connectivity index (χ4n) is 4.16. The van der Waals surface area contributed by atoms with Crippen LogP contribution >= 0.6 is 0 Å². The highest BCUT2D eigenvalue weighted by atomic mass is 16.5. The first-order valence-electron chi connectivity index (χ1n) is 10.6. The van der Waals surface area contributed by atoms with Gasteiger partial charge in [0.25, 0.3) is 11.8 Å². The van der Waals surface area contributed by atoms with Crippen molar-refractivity contribution < 1.29 is 14.3 Å². The van der Waals surface area contributed by atoms with E-state index in [2.05, 4.69) is 39.0 Å². The van der Waals surface area contributed by atoms with Crippen LogP contribution in [0.15, 0.2) is 36.4 Å². The molecule has 1 fully saturated rings. The Balaban J connectivity index is 1.31. The molecule has 2 amide bonds. The lowest BCUT2D eigenvalue weighted by Gasteiger charge is -2.36. The summed E-state index contributed by atoms with van der Waals surface area (Å²) in [4.78, 5) is 36.1. The number of imide groups is 1. The normalized spacial score (nSPS) is 16.9. The summed E-state index contributed by atoms with van der Waals surface area (Å²) in [5.41, 5.74) is 2.66. The minimum Gasteiger partial charge on any atom is -0.477 e. The van der Waals surface area contributed by atoms with Crippen LogP contribution in [0.2, 0.25) is 0 Å². The van der Waals surface area contributed by atoms with E-state index in [4.69, 9.17) is 4.74 Å². The molecule has 0 N–H and O–H groups in total. The number of carbonyl (C=O) groups excluding carboxylic acids is 2. The molecule has 1 saturated heterocycles. The van der Waals surface area contributed by atoms with Crippen LogP contribution in [0.25, 0.3) is 0 Å². The summed E-state index contributed by atoms with van der Waals surface area (Å²) >= 11 is 0. The van der Waals surface area contributed by atoms with Crippen molar-refractivity contribution in [3.63, 3.8) is 0 Å². The second kappa shape index (κ2) is 8.83. The molecule has 2 aliphatic rings. The monoisotopic (exact) mass is 408 g/mol. The fourth-order valence-corrected chi connectivity index (χ4v) is 4.16. The molecule has 0 atom stereocenters. The van der Waals surface area contributed by atoms with Crippen molar-refractivity contribution in [2.24, 2.45) is 0 Å². The first-order chi connectivity index (χ1) is 14.6. The number of nitrogens with zero attached hydrogens (tertiary/aromatic N) is 4. The SMILES string of the molecule is CCOc1nc(C)cc2c1C(=O)N(CCCN1CCN(c3ccccc3)CC1)C2=O. The van der Waals surface area contributed by atoms with Crippen LogP contribution in [0.3, 0.4) is 0 Å². The van der Waals surface area contributed by atoms with Crippen molar-refractivity contribution in [1.82, 2.24) is 14.8 Å². The minimum atomic E-state index is -0.292. The summed E-state index contributed by atoms with van der Waals surface area (Å²) < 4.78 is 5.52. The zero-order valence-electron chi connectivity index (χ0n) is 17.6. The van der Waals surface area contributed by atoms with E-state index in [-0.39, 0.29) is 17.7 Å². The van der Waals surface area contributed by atoms with E-state index in [1.54, 1.807) is 13.0 Å². The molecule has 1 aromatic heterocycles. The van der Waals surface area contributed by atoms with Crippen LogP contribution in [0.4, 0.5) is 5.69 Å². The standard InChI is InChI=1S/C23H28N4O3/c1-3-30-21-20-19(16-17(2)24-21)22(28)27(23(20)29)11-7-10-25-12-14-26(15-13-25)18-8-5-4-6-9-18/h4-6,8-9,16H,3,7,10-15H2,1-2H3. The Morgan fingerprint density at radius 1 is 1.00 bits per heavy atom. The van der Waals surface area contributed by atoms with E-state index in [0.717, 1.165) is 39.1 Å². The summed E-state index contributed by atoms with van der Waals surface area (Å²) in [6, 6.07) is 12.1. The number of carbonyl (C=O) groups is 2. The van der Waals surface area contributed by atoms with Crippen LogP contribution in [-0.2, 0) is 0 Å². The molecular weight excluding hydrogens is 380 g/mol. The average Bonchev–Trinajstić information content (AvgIpc) is 2.99. The molecule has 7 nitrogen and oxygen atoms in total. The van der Waals surface area contributed by atoms with Crippen LogP contribution in [0.1, 0.15) is 39.8 Å². The molecule has 158 valence electrons. The van der Waals surface area contributed by atoms with Gasteiger partial charge in [0.2, 0.25) is 5.88 Å². The van der Waals surface area contributed by atoms with Crippen molar-refractivity contribution in [2.45, 2.75) is 20.3 Å². The zero-order chi connectivity index (χ0) is 21.1. The number of pyridine rings is 1. The summed E-state index contributed by atoms with van der Waals surface area (Å²) in [7, 11) is 0. The maximum Gasteiger partial charge on any atom is 0.267 e. The molecule has 0 bridgehead atoms. The third-order valence-electron chi connectivity index (χ3n) is 5.68. The number of para-hydroxylation sites is 1. The Kier molecular flexibility index (Phi) is 5.99. The van der Waals surface area contributed by atoms with Gasteiger partial charge in [-0.25, -0.2) is 4.98 Å². The van der Waals surface area contributed by atoms with Crippen molar-refractivity contribution >= 4 is 17.5 Å². The predicted molar refractivity (Wildman–Crippen MR) is 115 cm³/mol. The van der Waals surface area contributed by atoms with Gasteiger partial charge in [0.15, 0.2) is 0 Å². The maximum absolute atomic E-state index is 12.9. The number of hydrogen-bond donors (Lipinski definition) is 0. The third-order valence-corrected chi connectivity index (χ3v) is 5.68. The Morgan fingerprint density at radius 2 is 1.73 bits per heavy atom. The highest BCUT2D eigenvalue weighted by Gasteiger charge is 2.39. The first-order valence-corrected chi connectivity index (χ1v) is 10.6. The van der Waals surface area contributed by atoms with E-state index in [1.165, 1.54) is 10.6 Å². The molecular formula is C23H28N4O3. The average molecular weight is 409 g/mol. The van der Waals surface area contributed by atoms with Crippen LogP contribution in [0.5, 0.6) is 5.88 Å². The quantitative estimate of drug-likeness (QED) is 0.656. The lowest BCUT2D eigenvalue weighted by Crippen LogP contribution is -2.47. The van der Waals surface area contributed by atoms with E-state index in [1.807, 2.05) is 13.0 Å². The summed E-state index contributed by atoms with van der Waals surface area (Å²) in [6.45, 7) is 9.26. The van der Waals surface area contributed by atoms with Crippen LogP contribution in [0, 0.1) is 6.92 Å². The largest absolute Gasteiger partial charge is 0.477 e. The van der Waals surface area contributed by atoms with E-state index in [0.29, 0.717) is 30.0 Å². The van der Waals surface area contributed by atoms with Crippen molar-refractivity contribution in [2.75, 3.05) is 50.8 Å². The van der Waals surface area contributed by atoms with Gasteiger partial charge in [0.05, 0.1) is 12.2 Å². The van der Waals surface area contributed by atoms with E-state index in [9.17, 15) is 9.59 Å². The number of rotatable bonds is 7. The number of hydrogen-bond acceptors (Lipinski definition) is 6. The van der Waals surface area contributed by atoms with Gasteiger partial charge >= 0.3 is 0 Å². The van der Waals surface area contributed by atoms with Gasteiger partial charge in [0, 0.05) is 44.1 Å². The molecule has 4 rings (SSSR count). The molecule has 2 aliphatic heterocycles. The van der Waals surface area contributed by atoms with Crippen molar-refractivity contribution in [3.05, 3.63) is 53.2 Å². The lowest BCUT2D eigenvalue weighted by atomic mass is 10.1. The molecule has 0 spiro atoms. The molecule has 2 aromatic rings. The van der Waals surface area contributed by atoms with Crippen molar-refractivity contribution in [3.8, 4) is 5.88 Å². The van der Waals surface area contributed by atoms with Gasteiger partial charge in [-0.1, -0.05) is 18.2 Å². The minimum absolute atomic E-state index is 0.240. The maximum atomic E-state index is 12.9. The van der Waals surface area contributed by atoms with Gasteiger partial charge in [-0.3, -0.25) is 19.4 Å². The first kappa shape index (κ1) is 20.3. The van der Waals surface area contributed by atoms with Gasteiger partial charge in [-0.2, -0.15) is 0 Å². The molecule has 0 aliphatic carbocycles. The number of benzene rings is 1. The van der Waals surface area contributed by atoms with E-state index >= 15 is 0 Å². The fraction of sp³-hybridized carbons (Fsp3) is 0.435. The Labute approximate surface area is 177 Å².